The van der Waals surface area contributed by atoms with Crippen molar-refractivity contribution >= 4 is 53.0 Å². The lowest BCUT2D eigenvalue weighted by Gasteiger charge is -2.49. The van der Waals surface area contributed by atoms with Crippen molar-refractivity contribution in [1.29, 1.82) is 0 Å². The normalized spacial score (nSPS) is 18.4. The molecule has 14 nitrogen and oxygen atoms in total. The summed E-state index contributed by atoms with van der Waals surface area (Å²) >= 11 is 7.10. The Labute approximate surface area is 247 Å². The molecule has 0 bridgehead atoms. The largest absolute Gasteiger partial charge is 0.508 e. The molecule has 2 aromatic rings. The molecule has 3 atom stereocenters. The number of β-lactam (4-membered cyclic amide) rings is 1. The number of carbonyl (C=O) groups excluding carboxylic acids is 4. The number of rotatable bonds is 10. The fourth-order valence-electron chi connectivity index (χ4n) is 4.22. The molecular weight excluding hydrogens is 596 g/mol. The number of benzene rings is 1. The number of halogens is 1. The summed E-state index contributed by atoms with van der Waals surface area (Å²) in [6.07, 6.45) is 1.24. The minimum absolute atomic E-state index is 0.0935. The molecule has 1 saturated heterocycles. The van der Waals surface area contributed by atoms with Crippen molar-refractivity contribution in [2.45, 2.75) is 31.3 Å². The van der Waals surface area contributed by atoms with E-state index in [0.29, 0.717) is 5.69 Å². The summed E-state index contributed by atoms with van der Waals surface area (Å²) in [5, 5.41) is 23.6. The number of aromatic hydroxyl groups is 1. The molecule has 3 amide bonds. The van der Waals surface area contributed by atoms with Gasteiger partial charge in [0.15, 0.2) is 12.4 Å². The molecule has 0 radical (unpaired) electrons. The quantitative estimate of drug-likeness (QED) is 0.183. The van der Waals surface area contributed by atoms with Crippen molar-refractivity contribution in [3.63, 3.8) is 0 Å². The third-order valence-electron chi connectivity index (χ3n) is 6.32. The van der Waals surface area contributed by atoms with Gasteiger partial charge in [-0.25, -0.2) is 4.79 Å². The molecule has 42 heavy (non-hydrogen) atoms. The van der Waals surface area contributed by atoms with E-state index in [9.17, 15) is 39.0 Å². The fraction of sp³-hybridized carbons (Fsp3) is 0.308. The average Bonchev–Trinajstić information content (AvgIpc) is 2.95. The second-order valence-corrected chi connectivity index (χ2v) is 10.7. The Kier molecular flexibility index (Phi) is 9.11. The van der Waals surface area contributed by atoms with Crippen molar-refractivity contribution in [2.24, 2.45) is 0 Å². The van der Waals surface area contributed by atoms with Crippen molar-refractivity contribution in [3.8, 4) is 11.5 Å². The minimum atomic E-state index is -1.39. The van der Waals surface area contributed by atoms with Crippen LogP contribution in [0, 0.1) is 6.92 Å². The molecule has 222 valence electrons. The first-order valence-electron chi connectivity index (χ1n) is 12.3. The number of carboxylic acid groups (broad SMARTS) is 1. The van der Waals surface area contributed by atoms with Gasteiger partial charge in [0.25, 0.3) is 11.8 Å². The smallest absolute Gasteiger partial charge is 0.352 e. The number of hydrogen-bond donors (Lipinski definition) is 5. The van der Waals surface area contributed by atoms with Crippen LogP contribution in [0.15, 0.2) is 46.5 Å². The van der Waals surface area contributed by atoms with Crippen molar-refractivity contribution in [1.82, 2.24) is 20.5 Å². The highest BCUT2D eigenvalue weighted by Gasteiger charge is 2.54. The summed E-state index contributed by atoms with van der Waals surface area (Å²) in [6.45, 7) is 1.80. The van der Waals surface area contributed by atoms with Crippen LogP contribution in [0.5, 0.6) is 11.5 Å². The Morgan fingerprint density at radius 3 is 2.55 bits per heavy atom. The van der Waals surface area contributed by atoms with E-state index < -0.39 is 59.2 Å². The summed E-state index contributed by atoms with van der Waals surface area (Å²) < 4.78 is 10.2. The second kappa shape index (κ2) is 12.6. The molecule has 2 aliphatic rings. The first kappa shape index (κ1) is 30.5. The number of hydrogen-bond acceptors (Lipinski definition) is 10. The molecule has 1 aromatic carbocycles. The second-order valence-electron chi connectivity index (χ2n) is 9.24. The highest BCUT2D eigenvalue weighted by molar-refractivity contribution is 8.00. The zero-order chi connectivity index (χ0) is 30.7. The van der Waals surface area contributed by atoms with Crippen LogP contribution in [0.2, 0.25) is 5.02 Å². The summed E-state index contributed by atoms with van der Waals surface area (Å²) in [6, 6.07) is 2.91. The van der Waals surface area contributed by atoms with Crippen LogP contribution in [0.1, 0.15) is 24.2 Å². The van der Waals surface area contributed by atoms with Crippen LogP contribution >= 0.6 is 23.4 Å². The number of carboxylic acids is 1. The molecule has 0 saturated carbocycles. The Bertz CT molecular complexity index is 1540. The molecule has 0 aliphatic carbocycles. The van der Waals surface area contributed by atoms with E-state index in [4.69, 9.17) is 21.1 Å². The lowest BCUT2D eigenvalue weighted by atomic mass is 10.0. The lowest BCUT2D eigenvalue weighted by Crippen LogP contribution is -2.71. The third-order valence-corrected chi connectivity index (χ3v) is 8.12. The maximum Gasteiger partial charge on any atom is 0.352 e. The van der Waals surface area contributed by atoms with Crippen LogP contribution in [-0.4, -0.2) is 80.1 Å². The van der Waals surface area contributed by atoms with Gasteiger partial charge < -0.3 is 35.3 Å². The number of aromatic amines is 1. The zero-order valence-electron chi connectivity index (χ0n) is 22.1. The number of nitrogens with zero attached hydrogens (tertiary/aromatic N) is 1. The number of phenolic OH excluding ortho intramolecular Hbond substituents is 1. The van der Waals surface area contributed by atoms with E-state index >= 15 is 0 Å². The molecule has 2 aliphatic heterocycles. The Morgan fingerprint density at radius 2 is 1.90 bits per heavy atom. The van der Waals surface area contributed by atoms with E-state index in [1.807, 2.05) is 0 Å². The SMILES string of the molecule is CC(=O)OCC1=C(C(=O)O)N2C(=O)C(NC(=O)C(NC(=O)COc3c[nH]c(C)c(Cl)c3=O)c3ccc(O)cc3)[C@H]2SC1. The highest BCUT2D eigenvalue weighted by Crippen LogP contribution is 2.40. The van der Waals surface area contributed by atoms with Crippen LogP contribution in [-0.2, 0) is 28.7 Å². The molecule has 3 heterocycles. The summed E-state index contributed by atoms with van der Waals surface area (Å²) in [5.41, 5.74) is -0.0430. The van der Waals surface area contributed by atoms with Crippen molar-refractivity contribution < 1.29 is 43.7 Å². The van der Waals surface area contributed by atoms with Crippen molar-refractivity contribution in [2.75, 3.05) is 19.0 Å². The monoisotopic (exact) mass is 620 g/mol. The fourth-order valence-corrected chi connectivity index (χ4v) is 5.70. The first-order valence-corrected chi connectivity index (χ1v) is 13.7. The number of carbonyl (C=O) groups is 5. The van der Waals surface area contributed by atoms with E-state index in [0.717, 1.165) is 4.90 Å². The van der Waals surface area contributed by atoms with Gasteiger partial charge in [0.1, 0.15) is 40.5 Å². The van der Waals surface area contributed by atoms with Crippen LogP contribution < -0.4 is 20.8 Å². The number of nitrogens with one attached hydrogen (secondary N) is 3. The number of ether oxygens (including phenoxy) is 2. The van der Waals surface area contributed by atoms with Crippen LogP contribution in [0.3, 0.4) is 0 Å². The van der Waals surface area contributed by atoms with Gasteiger partial charge in [0.2, 0.25) is 11.3 Å². The van der Waals surface area contributed by atoms with Crippen LogP contribution in [0.25, 0.3) is 0 Å². The number of phenols is 1. The Hall–Kier alpha value is -4.50. The molecular formula is C26H25ClN4O10S. The summed E-state index contributed by atoms with van der Waals surface area (Å²) in [7, 11) is 0. The molecule has 16 heteroatoms. The topological polar surface area (TPSA) is 204 Å². The average molecular weight is 621 g/mol. The zero-order valence-corrected chi connectivity index (χ0v) is 23.7. The first-order chi connectivity index (χ1) is 19.9. The molecule has 1 fully saturated rings. The van der Waals surface area contributed by atoms with Gasteiger partial charge in [-0.3, -0.25) is 28.9 Å². The van der Waals surface area contributed by atoms with E-state index in [2.05, 4.69) is 15.6 Å². The lowest BCUT2D eigenvalue weighted by molar-refractivity contribution is -0.151. The van der Waals surface area contributed by atoms with E-state index in [1.54, 1.807) is 6.92 Å². The van der Waals surface area contributed by atoms with Gasteiger partial charge in [-0.1, -0.05) is 23.7 Å². The van der Waals surface area contributed by atoms with E-state index in [-0.39, 0.29) is 45.7 Å². The number of aliphatic carboxylic acids is 1. The van der Waals surface area contributed by atoms with Crippen molar-refractivity contribution in [3.05, 3.63) is 68.2 Å². The molecule has 4 rings (SSSR count). The number of fused-ring (bicyclic) bond motifs is 1. The van der Waals surface area contributed by atoms with E-state index in [1.165, 1.54) is 49.1 Å². The molecule has 0 spiro atoms. The van der Waals surface area contributed by atoms with Gasteiger partial charge in [-0.2, -0.15) is 0 Å². The number of pyridine rings is 1. The predicted molar refractivity (Wildman–Crippen MR) is 148 cm³/mol. The third kappa shape index (κ3) is 6.36. The van der Waals surface area contributed by atoms with Gasteiger partial charge in [-0.05, 0) is 24.6 Å². The van der Waals surface area contributed by atoms with Crippen LogP contribution in [0.4, 0.5) is 0 Å². The maximum atomic E-state index is 13.4. The number of amides is 3. The molecule has 5 N–H and O–H groups in total. The number of aromatic nitrogens is 1. The number of thioether (sulfide) groups is 1. The standard InChI is InChI=1S/C26H25ClN4O10S/c1-11-18(27)22(35)16(7-28-11)41-9-17(34)29-19(13-3-5-15(33)6-4-13)23(36)30-20-24(37)31-21(26(38)39)14(8-40-12(2)32)10-42-25(20)31/h3-7,19-20,25,33H,8-10H2,1-2H3,(H,28,35)(H,29,34)(H,30,36)(H,38,39)/t19?,20?,25-/m1/s1. The van der Waals surface area contributed by atoms with Gasteiger partial charge in [0, 0.05) is 30.1 Å². The Balaban J connectivity index is 1.48. The number of aryl methyl sites for hydroxylation is 1. The van der Waals surface area contributed by atoms with Gasteiger partial charge >= 0.3 is 11.9 Å². The highest BCUT2D eigenvalue weighted by atomic mass is 35.5. The summed E-state index contributed by atoms with van der Waals surface area (Å²) in [4.78, 5) is 78.3. The minimum Gasteiger partial charge on any atom is -0.508 e. The van der Waals surface area contributed by atoms with Gasteiger partial charge in [0.05, 0.1) is 0 Å². The van der Waals surface area contributed by atoms with Gasteiger partial charge in [-0.15, -0.1) is 11.8 Å². The maximum absolute atomic E-state index is 13.4. The molecule has 2 unspecified atom stereocenters. The Morgan fingerprint density at radius 1 is 1.21 bits per heavy atom. The molecule has 1 aromatic heterocycles. The number of esters is 1. The number of H-pyrrole nitrogens is 1. The predicted octanol–water partition coefficient (Wildman–Crippen LogP) is 0.580. The summed E-state index contributed by atoms with van der Waals surface area (Å²) in [5.74, 6) is -4.46.